The number of halogens is 1. The number of aromatic amines is 1. The van der Waals surface area contributed by atoms with E-state index in [-0.39, 0.29) is 16.8 Å². The third kappa shape index (κ3) is 3.06. The molecule has 2 rings (SSSR count). The SMILES string of the molecule is N/C(=N/O)c1cc(NC(=O)c2c[nH]ccc2=O)ccc1F. The number of benzene rings is 1. The molecule has 0 saturated carbocycles. The smallest absolute Gasteiger partial charge is 0.261 e. The van der Waals surface area contributed by atoms with Gasteiger partial charge in [-0.2, -0.15) is 0 Å². The summed E-state index contributed by atoms with van der Waals surface area (Å²) in [7, 11) is 0. The summed E-state index contributed by atoms with van der Waals surface area (Å²) in [6.45, 7) is 0. The number of hydrogen-bond acceptors (Lipinski definition) is 4. The summed E-state index contributed by atoms with van der Waals surface area (Å²) >= 11 is 0. The number of anilines is 1. The number of amidine groups is 1. The van der Waals surface area contributed by atoms with Gasteiger partial charge in [0.05, 0.1) is 5.56 Å². The highest BCUT2D eigenvalue weighted by molar-refractivity contribution is 6.05. The maximum atomic E-state index is 13.5. The van der Waals surface area contributed by atoms with Gasteiger partial charge in [-0.05, 0) is 18.2 Å². The number of aromatic nitrogens is 1. The van der Waals surface area contributed by atoms with Crippen molar-refractivity contribution in [3.05, 3.63) is 63.8 Å². The van der Waals surface area contributed by atoms with Crippen LogP contribution in [0, 0.1) is 5.82 Å². The van der Waals surface area contributed by atoms with Crippen molar-refractivity contribution in [2.75, 3.05) is 5.32 Å². The molecule has 108 valence electrons. The van der Waals surface area contributed by atoms with Crippen molar-refractivity contribution in [3.63, 3.8) is 0 Å². The van der Waals surface area contributed by atoms with Crippen LogP contribution in [0.25, 0.3) is 0 Å². The Morgan fingerprint density at radius 2 is 2.10 bits per heavy atom. The minimum atomic E-state index is -0.708. The minimum absolute atomic E-state index is 0.0906. The second-order valence-corrected chi connectivity index (χ2v) is 4.06. The van der Waals surface area contributed by atoms with Crippen LogP contribution in [0.4, 0.5) is 10.1 Å². The fraction of sp³-hybridized carbons (Fsp3) is 0. The molecule has 1 aromatic heterocycles. The predicted octanol–water partition coefficient (Wildman–Crippen LogP) is 0.861. The lowest BCUT2D eigenvalue weighted by Gasteiger charge is -2.07. The Morgan fingerprint density at radius 3 is 2.76 bits per heavy atom. The van der Waals surface area contributed by atoms with Crippen molar-refractivity contribution >= 4 is 17.4 Å². The topological polar surface area (TPSA) is 121 Å². The van der Waals surface area contributed by atoms with Gasteiger partial charge in [-0.3, -0.25) is 9.59 Å². The summed E-state index contributed by atoms with van der Waals surface area (Å²) in [5, 5.41) is 13.7. The van der Waals surface area contributed by atoms with Crippen LogP contribution in [-0.2, 0) is 0 Å². The van der Waals surface area contributed by atoms with Gasteiger partial charge in [-0.25, -0.2) is 4.39 Å². The minimum Gasteiger partial charge on any atom is -0.409 e. The predicted molar refractivity (Wildman–Crippen MR) is 73.9 cm³/mol. The van der Waals surface area contributed by atoms with Crippen LogP contribution in [0.1, 0.15) is 15.9 Å². The third-order valence-electron chi connectivity index (χ3n) is 2.68. The van der Waals surface area contributed by atoms with E-state index < -0.39 is 23.0 Å². The first-order chi connectivity index (χ1) is 10.0. The average Bonchev–Trinajstić information content (AvgIpc) is 2.48. The van der Waals surface area contributed by atoms with E-state index in [0.717, 1.165) is 6.07 Å². The second kappa shape index (κ2) is 5.87. The maximum Gasteiger partial charge on any atom is 0.261 e. The first kappa shape index (κ1) is 14.3. The van der Waals surface area contributed by atoms with E-state index in [4.69, 9.17) is 10.9 Å². The number of pyridine rings is 1. The Labute approximate surface area is 117 Å². The van der Waals surface area contributed by atoms with Gasteiger partial charge in [0.25, 0.3) is 5.91 Å². The Balaban J connectivity index is 2.31. The lowest BCUT2D eigenvalue weighted by molar-refractivity contribution is 0.102. The van der Waals surface area contributed by atoms with Crippen LogP contribution in [0.15, 0.2) is 46.6 Å². The molecule has 5 N–H and O–H groups in total. The molecule has 0 radical (unpaired) electrons. The van der Waals surface area contributed by atoms with Crippen LogP contribution in [0.3, 0.4) is 0 Å². The molecule has 0 unspecified atom stereocenters. The zero-order valence-electron chi connectivity index (χ0n) is 10.6. The zero-order valence-corrected chi connectivity index (χ0v) is 10.6. The number of carbonyl (C=O) groups excluding carboxylic acids is 1. The third-order valence-corrected chi connectivity index (χ3v) is 2.68. The van der Waals surface area contributed by atoms with Crippen LogP contribution in [0.5, 0.6) is 0 Å². The van der Waals surface area contributed by atoms with Crippen LogP contribution >= 0.6 is 0 Å². The summed E-state index contributed by atoms with van der Waals surface area (Å²) in [4.78, 5) is 26.1. The highest BCUT2D eigenvalue weighted by atomic mass is 19.1. The number of amides is 1. The quantitative estimate of drug-likeness (QED) is 0.290. The van der Waals surface area contributed by atoms with Gasteiger partial charge in [0.2, 0.25) is 0 Å². The van der Waals surface area contributed by atoms with Crippen LogP contribution in [0.2, 0.25) is 0 Å². The van der Waals surface area contributed by atoms with E-state index in [1.165, 1.54) is 30.6 Å². The average molecular weight is 290 g/mol. The van der Waals surface area contributed by atoms with E-state index >= 15 is 0 Å². The Morgan fingerprint density at radius 1 is 1.33 bits per heavy atom. The summed E-state index contributed by atoms with van der Waals surface area (Å²) in [5.41, 5.74) is 4.81. The summed E-state index contributed by atoms with van der Waals surface area (Å²) in [6.07, 6.45) is 2.65. The first-order valence-corrected chi connectivity index (χ1v) is 5.79. The second-order valence-electron chi connectivity index (χ2n) is 4.06. The summed E-state index contributed by atoms with van der Waals surface area (Å²) in [5.74, 6) is -1.80. The van der Waals surface area contributed by atoms with Gasteiger partial charge in [0, 0.05) is 24.1 Å². The van der Waals surface area contributed by atoms with E-state index in [0.29, 0.717) is 0 Å². The molecule has 2 aromatic rings. The number of rotatable bonds is 3. The number of nitrogens with one attached hydrogen (secondary N) is 2. The van der Waals surface area contributed by atoms with Gasteiger partial charge in [0.1, 0.15) is 11.4 Å². The Bertz CT molecular complexity index is 770. The largest absolute Gasteiger partial charge is 0.409 e. The molecular weight excluding hydrogens is 279 g/mol. The molecule has 1 aromatic carbocycles. The van der Waals surface area contributed by atoms with E-state index in [1.54, 1.807) is 0 Å². The normalized spacial score (nSPS) is 11.2. The fourth-order valence-electron chi connectivity index (χ4n) is 1.65. The number of nitrogens with two attached hydrogens (primary N) is 1. The highest BCUT2D eigenvalue weighted by Gasteiger charge is 2.12. The maximum absolute atomic E-state index is 13.5. The van der Waals surface area contributed by atoms with Gasteiger partial charge in [0.15, 0.2) is 11.3 Å². The van der Waals surface area contributed by atoms with Gasteiger partial charge in [-0.15, -0.1) is 0 Å². The molecule has 21 heavy (non-hydrogen) atoms. The molecule has 0 aliphatic rings. The standard InChI is InChI=1S/C13H11FN4O3/c14-10-2-1-7(5-8(10)12(15)18-21)17-13(20)9-6-16-4-3-11(9)19/h1-6,21H,(H2,15,18)(H,16,19)(H,17,20). The van der Waals surface area contributed by atoms with Crippen LogP contribution < -0.4 is 16.5 Å². The molecule has 0 saturated heterocycles. The van der Waals surface area contributed by atoms with Gasteiger partial charge in [-0.1, -0.05) is 5.16 Å². The monoisotopic (exact) mass is 290 g/mol. The lowest BCUT2D eigenvalue weighted by Crippen LogP contribution is -2.21. The first-order valence-electron chi connectivity index (χ1n) is 5.79. The number of carbonyl (C=O) groups is 1. The molecule has 0 aliphatic heterocycles. The number of nitrogens with zero attached hydrogens (tertiary/aromatic N) is 1. The number of oxime groups is 1. The van der Waals surface area contributed by atoms with Crippen molar-refractivity contribution in [2.24, 2.45) is 10.9 Å². The molecule has 1 heterocycles. The molecule has 8 heteroatoms. The van der Waals surface area contributed by atoms with Crippen LogP contribution in [-0.4, -0.2) is 21.9 Å². The molecular formula is C13H11FN4O3. The van der Waals surface area contributed by atoms with E-state index in [2.05, 4.69) is 15.5 Å². The lowest BCUT2D eigenvalue weighted by atomic mass is 10.1. The van der Waals surface area contributed by atoms with Crippen molar-refractivity contribution in [3.8, 4) is 0 Å². The highest BCUT2D eigenvalue weighted by Crippen LogP contribution is 2.15. The van der Waals surface area contributed by atoms with Gasteiger partial charge >= 0.3 is 0 Å². The Kier molecular flexibility index (Phi) is 3.98. The molecule has 0 spiro atoms. The summed E-state index contributed by atoms with van der Waals surface area (Å²) in [6, 6.07) is 4.75. The molecule has 0 aliphatic carbocycles. The van der Waals surface area contributed by atoms with Gasteiger partial charge < -0.3 is 21.2 Å². The van der Waals surface area contributed by atoms with Crippen molar-refractivity contribution in [1.82, 2.24) is 4.98 Å². The van der Waals surface area contributed by atoms with Crippen molar-refractivity contribution in [1.29, 1.82) is 0 Å². The molecule has 0 fully saturated rings. The Hall–Kier alpha value is -3.16. The zero-order chi connectivity index (χ0) is 15.4. The molecule has 0 atom stereocenters. The van der Waals surface area contributed by atoms with Crippen molar-refractivity contribution in [2.45, 2.75) is 0 Å². The van der Waals surface area contributed by atoms with E-state index in [9.17, 15) is 14.0 Å². The molecule has 0 bridgehead atoms. The number of H-pyrrole nitrogens is 1. The summed E-state index contributed by atoms with van der Waals surface area (Å²) < 4.78 is 13.5. The number of hydrogen-bond donors (Lipinski definition) is 4. The molecule has 1 amide bonds. The molecule has 7 nitrogen and oxygen atoms in total. The van der Waals surface area contributed by atoms with Crippen molar-refractivity contribution < 1.29 is 14.4 Å². The fourth-order valence-corrected chi connectivity index (χ4v) is 1.65. The van der Waals surface area contributed by atoms with E-state index in [1.807, 2.05) is 0 Å².